The Balaban J connectivity index is 2.95. The molecule has 3 atom stereocenters. The van der Waals surface area contributed by atoms with Gasteiger partial charge in [-0.05, 0) is 24.1 Å². The van der Waals surface area contributed by atoms with Crippen molar-refractivity contribution in [1.82, 2.24) is 10.6 Å². The molecule has 0 aliphatic heterocycles. The van der Waals surface area contributed by atoms with Gasteiger partial charge in [-0.1, -0.05) is 19.1 Å². The van der Waals surface area contributed by atoms with Gasteiger partial charge in [0.25, 0.3) is 0 Å². The lowest BCUT2D eigenvalue weighted by Crippen LogP contribution is -2.53. The molecular formula is C19H25FN2O6. The molecular weight excluding hydrogens is 371 g/mol. The molecule has 0 spiro atoms. The Kier molecular flexibility index (Phi) is 9.07. The maximum Gasteiger partial charge on any atom is 0.328 e. The fourth-order valence-electron chi connectivity index (χ4n) is 2.63. The molecule has 0 fully saturated rings. The van der Waals surface area contributed by atoms with Crippen molar-refractivity contribution in [2.24, 2.45) is 5.92 Å². The molecule has 9 heteroatoms. The molecule has 154 valence electrons. The molecule has 0 aliphatic carbocycles. The summed E-state index contributed by atoms with van der Waals surface area (Å²) in [6.45, 7) is 2.79. The largest absolute Gasteiger partial charge is 0.469 e. The van der Waals surface area contributed by atoms with Crippen LogP contribution >= 0.6 is 0 Å². The number of nitrogens with one attached hydrogen (secondary N) is 2. The van der Waals surface area contributed by atoms with Crippen LogP contribution in [-0.4, -0.2) is 50.1 Å². The van der Waals surface area contributed by atoms with Crippen LogP contribution in [0.15, 0.2) is 24.3 Å². The first-order chi connectivity index (χ1) is 13.2. The molecule has 0 heterocycles. The van der Waals surface area contributed by atoms with E-state index in [0.29, 0.717) is 5.56 Å². The third-order valence-electron chi connectivity index (χ3n) is 4.02. The number of halogens is 1. The van der Waals surface area contributed by atoms with Crippen LogP contribution in [-0.2, 0) is 35.1 Å². The van der Waals surface area contributed by atoms with E-state index in [0.717, 1.165) is 7.11 Å². The van der Waals surface area contributed by atoms with Gasteiger partial charge in [0.15, 0.2) is 0 Å². The zero-order valence-corrected chi connectivity index (χ0v) is 16.3. The van der Waals surface area contributed by atoms with E-state index in [2.05, 4.69) is 20.1 Å². The second kappa shape index (κ2) is 11.0. The molecule has 1 rings (SSSR count). The lowest BCUT2D eigenvalue weighted by molar-refractivity contribution is -0.149. The number of benzene rings is 1. The predicted molar refractivity (Wildman–Crippen MR) is 97.5 cm³/mol. The van der Waals surface area contributed by atoms with Gasteiger partial charge in [0.1, 0.15) is 17.9 Å². The third kappa shape index (κ3) is 7.34. The molecule has 0 aromatic heterocycles. The molecule has 0 saturated heterocycles. The van der Waals surface area contributed by atoms with Crippen LogP contribution in [0.5, 0.6) is 0 Å². The molecule has 0 radical (unpaired) electrons. The Bertz CT molecular complexity index is 724. The maximum atomic E-state index is 13.4. The van der Waals surface area contributed by atoms with Crippen LogP contribution in [0.25, 0.3) is 0 Å². The Morgan fingerprint density at radius 1 is 1.04 bits per heavy atom. The highest BCUT2D eigenvalue weighted by atomic mass is 19.1. The minimum absolute atomic E-state index is 0.0175. The van der Waals surface area contributed by atoms with Gasteiger partial charge in [-0.2, -0.15) is 0 Å². The van der Waals surface area contributed by atoms with Gasteiger partial charge >= 0.3 is 11.9 Å². The van der Waals surface area contributed by atoms with Crippen LogP contribution in [0.4, 0.5) is 4.39 Å². The fourth-order valence-corrected chi connectivity index (χ4v) is 2.63. The molecule has 28 heavy (non-hydrogen) atoms. The average molecular weight is 396 g/mol. The first-order valence-corrected chi connectivity index (χ1v) is 8.65. The maximum absolute atomic E-state index is 13.4. The molecule has 1 aromatic rings. The number of carbonyl (C=O) groups is 4. The fraction of sp³-hybridized carbons (Fsp3) is 0.474. The van der Waals surface area contributed by atoms with E-state index in [4.69, 9.17) is 0 Å². The highest BCUT2D eigenvalue weighted by molar-refractivity contribution is 5.90. The first kappa shape index (κ1) is 23.1. The summed E-state index contributed by atoms with van der Waals surface area (Å²) in [7, 11) is 2.37. The highest BCUT2D eigenvalue weighted by Crippen LogP contribution is 2.11. The summed E-state index contributed by atoms with van der Waals surface area (Å²) in [5.41, 5.74) is 0.492. The molecule has 0 bridgehead atoms. The van der Waals surface area contributed by atoms with Gasteiger partial charge in [0.05, 0.1) is 20.1 Å². The molecule has 0 unspecified atom stereocenters. The van der Waals surface area contributed by atoms with E-state index in [1.807, 2.05) is 0 Å². The van der Waals surface area contributed by atoms with Crippen LogP contribution in [0.1, 0.15) is 25.8 Å². The van der Waals surface area contributed by atoms with Crippen LogP contribution in [0, 0.1) is 11.7 Å². The minimum atomic E-state index is -1.12. The van der Waals surface area contributed by atoms with E-state index in [9.17, 15) is 23.6 Å². The third-order valence-corrected chi connectivity index (χ3v) is 4.02. The van der Waals surface area contributed by atoms with Crippen molar-refractivity contribution in [3.63, 3.8) is 0 Å². The van der Waals surface area contributed by atoms with E-state index in [-0.39, 0.29) is 12.8 Å². The van der Waals surface area contributed by atoms with Crippen molar-refractivity contribution < 1.29 is 33.0 Å². The number of methoxy groups -OCH3 is 2. The Hall–Kier alpha value is -2.97. The van der Waals surface area contributed by atoms with Crippen molar-refractivity contribution in [2.75, 3.05) is 14.2 Å². The lowest BCUT2D eigenvalue weighted by atomic mass is 10.0. The predicted octanol–water partition coefficient (Wildman–Crippen LogP) is 0.730. The van der Waals surface area contributed by atoms with E-state index in [1.54, 1.807) is 13.0 Å². The summed E-state index contributed by atoms with van der Waals surface area (Å²) in [6, 6.07) is 3.46. The Morgan fingerprint density at radius 3 is 2.21 bits per heavy atom. The zero-order chi connectivity index (χ0) is 21.3. The second-order valence-corrected chi connectivity index (χ2v) is 6.33. The van der Waals surface area contributed by atoms with Crippen molar-refractivity contribution in [1.29, 1.82) is 0 Å². The zero-order valence-electron chi connectivity index (χ0n) is 16.3. The standard InChI is InChI=1S/C19H25FN2O6/c1-11(18(25)27-3)8-16(19(26)28-4)22-17(24)15(21-12(2)23)10-13-6-5-7-14(20)9-13/h5-7,9,11,15-16H,8,10H2,1-4H3,(H,21,23)(H,22,24)/t11-,15-,16+/m1/s1. The van der Waals surface area contributed by atoms with Crippen molar-refractivity contribution in [2.45, 2.75) is 38.8 Å². The summed E-state index contributed by atoms with van der Waals surface area (Å²) in [4.78, 5) is 47.8. The van der Waals surface area contributed by atoms with Gasteiger partial charge in [-0.3, -0.25) is 14.4 Å². The molecule has 1 aromatic carbocycles. The Morgan fingerprint density at radius 2 is 1.68 bits per heavy atom. The van der Waals surface area contributed by atoms with Crippen molar-refractivity contribution in [3.05, 3.63) is 35.6 Å². The van der Waals surface area contributed by atoms with E-state index < -0.39 is 47.6 Å². The molecule has 8 nitrogen and oxygen atoms in total. The number of esters is 2. The summed E-state index contributed by atoms with van der Waals surface area (Å²) in [6.07, 6.45) is -0.0263. The molecule has 0 saturated carbocycles. The summed E-state index contributed by atoms with van der Waals surface area (Å²) < 4.78 is 22.7. The molecule has 0 aliphatic rings. The van der Waals surface area contributed by atoms with Crippen LogP contribution in [0.3, 0.4) is 0 Å². The number of carbonyl (C=O) groups excluding carboxylic acids is 4. The lowest BCUT2D eigenvalue weighted by Gasteiger charge is -2.23. The molecule has 2 N–H and O–H groups in total. The van der Waals surface area contributed by atoms with Crippen LogP contribution < -0.4 is 10.6 Å². The normalized spacial score (nSPS) is 13.6. The van der Waals surface area contributed by atoms with Crippen LogP contribution in [0.2, 0.25) is 0 Å². The topological polar surface area (TPSA) is 111 Å². The number of hydrogen-bond donors (Lipinski definition) is 2. The van der Waals surface area contributed by atoms with Crippen molar-refractivity contribution >= 4 is 23.8 Å². The SMILES string of the molecule is COC(=O)[C@H](C)C[C@H](NC(=O)[C@@H](Cc1cccc(F)c1)NC(C)=O)C(=O)OC. The second-order valence-electron chi connectivity index (χ2n) is 6.33. The van der Waals surface area contributed by atoms with Gasteiger partial charge in [-0.15, -0.1) is 0 Å². The summed E-state index contributed by atoms with van der Waals surface area (Å²) >= 11 is 0. The first-order valence-electron chi connectivity index (χ1n) is 8.65. The summed E-state index contributed by atoms with van der Waals surface area (Å²) in [5, 5.41) is 4.97. The highest BCUT2D eigenvalue weighted by Gasteiger charge is 2.30. The number of hydrogen-bond acceptors (Lipinski definition) is 6. The molecule has 2 amide bonds. The smallest absolute Gasteiger partial charge is 0.328 e. The van der Waals surface area contributed by atoms with Gasteiger partial charge in [-0.25, -0.2) is 9.18 Å². The number of amides is 2. The summed E-state index contributed by atoms with van der Waals surface area (Å²) in [5.74, 6) is -3.55. The monoisotopic (exact) mass is 396 g/mol. The minimum Gasteiger partial charge on any atom is -0.469 e. The van der Waals surface area contributed by atoms with Gasteiger partial charge in [0, 0.05) is 13.3 Å². The van der Waals surface area contributed by atoms with Gasteiger partial charge in [0.2, 0.25) is 11.8 Å². The quantitative estimate of drug-likeness (QED) is 0.596. The Labute approximate surface area is 162 Å². The van der Waals surface area contributed by atoms with Crippen molar-refractivity contribution in [3.8, 4) is 0 Å². The number of ether oxygens (including phenoxy) is 2. The average Bonchev–Trinajstić information content (AvgIpc) is 2.65. The van der Waals surface area contributed by atoms with Gasteiger partial charge < -0.3 is 20.1 Å². The number of rotatable bonds is 9. The van der Waals surface area contributed by atoms with E-state index >= 15 is 0 Å². The van der Waals surface area contributed by atoms with E-state index in [1.165, 1.54) is 32.2 Å².